The molecule has 0 radical (unpaired) electrons. The second-order valence-corrected chi connectivity index (χ2v) is 6.74. The largest absolute Gasteiger partial charge is 0.468 e. The fourth-order valence-electron chi connectivity index (χ4n) is 3.01. The SMILES string of the molecule is CCCCc1c(-c2ccccc2)nc(OCC(F)(F)F)c2ccc(Cl)cc12. The highest BCUT2D eigenvalue weighted by atomic mass is 35.5. The van der Waals surface area contributed by atoms with Gasteiger partial charge in [-0.25, -0.2) is 4.98 Å². The van der Waals surface area contributed by atoms with Gasteiger partial charge in [-0.05, 0) is 42.0 Å². The lowest BCUT2D eigenvalue weighted by molar-refractivity contribution is -0.153. The standard InChI is InChI=1S/C21H19ClF3NO/c1-2-3-9-16-18-12-15(22)10-11-17(18)20(27-13-21(23,24)25)26-19(16)14-7-5-4-6-8-14/h4-8,10-12H,2-3,9,13H2,1H3. The second-order valence-electron chi connectivity index (χ2n) is 6.31. The van der Waals surface area contributed by atoms with Gasteiger partial charge in [0.25, 0.3) is 0 Å². The van der Waals surface area contributed by atoms with Crippen molar-refractivity contribution in [3.05, 3.63) is 59.1 Å². The highest BCUT2D eigenvalue weighted by molar-refractivity contribution is 6.31. The van der Waals surface area contributed by atoms with Crippen LogP contribution in [0.2, 0.25) is 5.02 Å². The third-order valence-corrected chi connectivity index (χ3v) is 4.47. The van der Waals surface area contributed by atoms with Crippen LogP contribution in [0.5, 0.6) is 5.88 Å². The summed E-state index contributed by atoms with van der Waals surface area (Å²) in [6.45, 7) is 0.700. The number of hydrogen-bond donors (Lipinski definition) is 0. The molecule has 1 heterocycles. The van der Waals surface area contributed by atoms with E-state index >= 15 is 0 Å². The molecule has 2 nitrogen and oxygen atoms in total. The summed E-state index contributed by atoms with van der Waals surface area (Å²) >= 11 is 6.18. The minimum absolute atomic E-state index is 0.0295. The maximum atomic E-state index is 12.7. The van der Waals surface area contributed by atoms with Crippen LogP contribution in [0.15, 0.2) is 48.5 Å². The topological polar surface area (TPSA) is 22.1 Å². The number of aryl methyl sites for hydroxylation is 1. The highest BCUT2D eigenvalue weighted by Gasteiger charge is 2.29. The first-order chi connectivity index (χ1) is 12.9. The molecule has 0 unspecified atom stereocenters. The van der Waals surface area contributed by atoms with E-state index in [1.165, 1.54) is 0 Å². The zero-order valence-corrected chi connectivity index (χ0v) is 15.6. The minimum Gasteiger partial charge on any atom is -0.468 e. The number of benzene rings is 2. The average molecular weight is 394 g/mol. The quantitative estimate of drug-likeness (QED) is 0.457. The molecule has 0 N–H and O–H groups in total. The van der Waals surface area contributed by atoms with E-state index in [9.17, 15) is 13.2 Å². The molecule has 0 aliphatic rings. The molecular formula is C21H19ClF3NO. The number of aromatic nitrogens is 1. The maximum Gasteiger partial charge on any atom is 0.422 e. The molecule has 0 bridgehead atoms. The molecule has 27 heavy (non-hydrogen) atoms. The monoisotopic (exact) mass is 393 g/mol. The van der Waals surface area contributed by atoms with Crippen molar-refractivity contribution in [3.8, 4) is 17.1 Å². The van der Waals surface area contributed by atoms with Crippen LogP contribution in [0, 0.1) is 0 Å². The Labute approximate surface area is 160 Å². The molecule has 0 aliphatic carbocycles. The van der Waals surface area contributed by atoms with Crippen molar-refractivity contribution in [1.82, 2.24) is 4.98 Å². The predicted molar refractivity (Wildman–Crippen MR) is 102 cm³/mol. The molecule has 0 atom stereocenters. The van der Waals surface area contributed by atoms with Crippen LogP contribution in [0.3, 0.4) is 0 Å². The van der Waals surface area contributed by atoms with Crippen molar-refractivity contribution in [3.63, 3.8) is 0 Å². The Morgan fingerprint density at radius 1 is 1.04 bits per heavy atom. The van der Waals surface area contributed by atoms with Crippen LogP contribution < -0.4 is 4.74 Å². The van der Waals surface area contributed by atoms with Gasteiger partial charge >= 0.3 is 6.18 Å². The lowest BCUT2D eigenvalue weighted by Crippen LogP contribution is -2.20. The Hall–Kier alpha value is -2.27. The van der Waals surface area contributed by atoms with E-state index in [0.717, 1.165) is 35.8 Å². The number of halogens is 4. The van der Waals surface area contributed by atoms with Crippen LogP contribution in [0.4, 0.5) is 13.2 Å². The number of pyridine rings is 1. The van der Waals surface area contributed by atoms with Crippen LogP contribution in [-0.2, 0) is 6.42 Å². The smallest absolute Gasteiger partial charge is 0.422 e. The Kier molecular flexibility index (Phi) is 5.90. The second kappa shape index (κ2) is 8.17. The van der Waals surface area contributed by atoms with Crippen LogP contribution in [-0.4, -0.2) is 17.8 Å². The molecule has 1 aromatic heterocycles. The van der Waals surface area contributed by atoms with Gasteiger partial charge < -0.3 is 4.74 Å². The number of hydrogen-bond acceptors (Lipinski definition) is 2. The van der Waals surface area contributed by atoms with Gasteiger partial charge in [0.15, 0.2) is 6.61 Å². The van der Waals surface area contributed by atoms with E-state index in [2.05, 4.69) is 11.9 Å². The van der Waals surface area contributed by atoms with Crippen molar-refractivity contribution >= 4 is 22.4 Å². The van der Waals surface area contributed by atoms with Crippen LogP contribution >= 0.6 is 11.6 Å². The Balaban J connectivity index is 2.23. The van der Waals surface area contributed by atoms with E-state index in [4.69, 9.17) is 16.3 Å². The van der Waals surface area contributed by atoms with Crippen molar-refractivity contribution in [2.45, 2.75) is 32.4 Å². The molecule has 2 aromatic carbocycles. The number of fused-ring (bicyclic) bond motifs is 1. The molecule has 3 rings (SSSR count). The summed E-state index contributed by atoms with van der Waals surface area (Å²) < 4.78 is 43.2. The van der Waals surface area contributed by atoms with Gasteiger partial charge in [-0.1, -0.05) is 55.3 Å². The Morgan fingerprint density at radius 3 is 2.44 bits per heavy atom. The van der Waals surface area contributed by atoms with Crippen molar-refractivity contribution in [2.24, 2.45) is 0 Å². The van der Waals surface area contributed by atoms with E-state index in [1.807, 2.05) is 30.3 Å². The number of unbranched alkanes of at least 4 members (excludes halogenated alkanes) is 1. The summed E-state index contributed by atoms with van der Waals surface area (Å²) in [4.78, 5) is 4.49. The first-order valence-corrected chi connectivity index (χ1v) is 9.14. The molecule has 0 amide bonds. The fourth-order valence-corrected chi connectivity index (χ4v) is 3.18. The molecule has 0 fully saturated rings. The van der Waals surface area contributed by atoms with Gasteiger partial charge in [-0.3, -0.25) is 0 Å². The van der Waals surface area contributed by atoms with E-state index in [1.54, 1.807) is 18.2 Å². The number of nitrogens with zero attached hydrogens (tertiary/aromatic N) is 1. The Bertz CT molecular complexity index is 926. The molecule has 0 saturated carbocycles. The first kappa shape index (κ1) is 19.5. The van der Waals surface area contributed by atoms with Gasteiger partial charge in [0, 0.05) is 16.0 Å². The van der Waals surface area contributed by atoms with Crippen molar-refractivity contribution in [2.75, 3.05) is 6.61 Å². The molecule has 0 saturated heterocycles. The zero-order valence-electron chi connectivity index (χ0n) is 14.8. The zero-order chi connectivity index (χ0) is 19.4. The van der Waals surface area contributed by atoms with Crippen LogP contribution in [0.1, 0.15) is 25.3 Å². The lowest BCUT2D eigenvalue weighted by Gasteiger charge is -2.17. The molecule has 0 spiro atoms. The number of ether oxygens (including phenoxy) is 1. The lowest BCUT2D eigenvalue weighted by atomic mass is 9.95. The average Bonchev–Trinajstić information content (AvgIpc) is 2.64. The third kappa shape index (κ3) is 4.72. The molecule has 142 valence electrons. The highest BCUT2D eigenvalue weighted by Crippen LogP contribution is 2.36. The summed E-state index contributed by atoms with van der Waals surface area (Å²) in [5.41, 5.74) is 2.44. The minimum atomic E-state index is -4.44. The summed E-state index contributed by atoms with van der Waals surface area (Å²) in [5.74, 6) is -0.0295. The van der Waals surface area contributed by atoms with E-state index in [0.29, 0.717) is 16.1 Å². The summed E-state index contributed by atoms with van der Waals surface area (Å²) in [5, 5.41) is 1.84. The summed E-state index contributed by atoms with van der Waals surface area (Å²) in [6.07, 6.45) is -1.76. The van der Waals surface area contributed by atoms with E-state index in [-0.39, 0.29) is 5.88 Å². The van der Waals surface area contributed by atoms with Crippen molar-refractivity contribution < 1.29 is 17.9 Å². The van der Waals surface area contributed by atoms with Gasteiger partial charge in [0.2, 0.25) is 5.88 Å². The number of rotatable bonds is 6. The summed E-state index contributed by atoms with van der Waals surface area (Å²) in [6, 6.07) is 14.5. The predicted octanol–water partition coefficient (Wildman–Crippen LogP) is 6.84. The Morgan fingerprint density at radius 2 is 1.78 bits per heavy atom. The van der Waals surface area contributed by atoms with Gasteiger partial charge in [0.1, 0.15) is 0 Å². The molecular weight excluding hydrogens is 375 g/mol. The summed E-state index contributed by atoms with van der Waals surface area (Å²) in [7, 11) is 0. The molecule has 6 heteroatoms. The van der Waals surface area contributed by atoms with E-state index < -0.39 is 12.8 Å². The maximum absolute atomic E-state index is 12.7. The van der Waals surface area contributed by atoms with Gasteiger partial charge in [0.05, 0.1) is 5.69 Å². The number of alkyl halides is 3. The normalized spacial score (nSPS) is 11.7. The first-order valence-electron chi connectivity index (χ1n) is 8.76. The van der Waals surface area contributed by atoms with Crippen LogP contribution in [0.25, 0.3) is 22.0 Å². The van der Waals surface area contributed by atoms with Gasteiger partial charge in [-0.15, -0.1) is 0 Å². The molecule has 3 aromatic rings. The third-order valence-electron chi connectivity index (χ3n) is 4.24. The molecule has 0 aliphatic heterocycles. The van der Waals surface area contributed by atoms with Gasteiger partial charge in [-0.2, -0.15) is 13.2 Å². The van der Waals surface area contributed by atoms with Crippen molar-refractivity contribution in [1.29, 1.82) is 0 Å². The fraction of sp³-hybridized carbons (Fsp3) is 0.286.